The maximum Gasteiger partial charge on any atom is 0.241 e. The van der Waals surface area contributed by atoms with Crippen molar-refractivity contribution < 1.29 is 8.42 Å². The zero-order valence-electron chi connectivity index (χ0n) is 17.9. The Balaban J connectivity index is 1.79. The average Bonchev–Trinajstić information content (AvgIpc) is 2.60. The van der Waals surface area contributed by atoms with Gasteiger partial charge in [-0.05, 0) is 105 Å². The summed E-state index contributed by atoms with van der Waals surface area (Å²) < 4.78 is 30.8. The third-order valence-corrected chi connectivity index (χ3v) is 9.58. The summed E-state index contributed by atoms with van der Waals surface area (Å²) in [4.78, 5) is 0.470. The van der Waals surface area contributed by atoms with E-state index in [0.717, 1.165) is 54.4 Å². The van der Waals surface area contributed by atoms with E-state index in [0.29, 0.717) is 34.8 Å². The van der Waals surface area contributed by atoms with Crippen molar-refractivity contribution in [3.05, 3.63) is 22.3 Å². The van der Waals surface area contributed by atoms with Crippen LogP contribution in [-0.4, -0.2) is 14.0 Å². The summed E-state index contributed by atoms with van der Waals surface area (Å²) in [7, 11) is -3.61. The fourth-order valence-corrected chi connectivity index (χ4v) is 9.22. The third-order valence-electron chi connectivity index (χ3n) is 7.79. The average molecular weight is 405 g/mol. The van der Waals surface area contributed by atoms with Gasteiger partial charge in [0, 0.05) is 11.2 Å². The lowest BCUT2D eigenvalue weighted by Crippen LogP contribution is -2.59. The summed E-state index contributed by atoms with van der Waals surface area (Å²) in [5, 5.41) is 0. The van der Waals surface area contributed by atoms with Crippen molar-refractivity contribution >= 4 is 15.7 Å². The van der Waals surface area contributed by atoms with Gasteiger partial charge in [0.1, 0.15) is 0 Å². The lowest BCUT2D eigenvalue weighted by molar-refractivity contribution is -0.00811. The van der Waals surface area contributed by atoms with Crippen molar-refractivity contribution in [2.45, 2.75) is 95.9 Å². The smallest absolute Gasteiger partial charge is 0.241 e. The van der Waals surface area contributed by atoms with E-state index in [1.54, 1.807) is 0 Å². The molecule has 3 N–H and O–H groups in total. The van der Waals surface area contributed by atoms with Gasteiger partial charge < -0.3 is 5.73 Å². The molecule has 0 aromatic heterocycles. The molecule has 156 valence electrons. The van der Waals surface area contributed by atoms with E-state index in [1.807, 2.05) is 6.92 Å². The zero-order valence-corrected chi connectivity index (χ0v) is 18.7. The van der Waals surface area contributed by atoms with Crippen LogP contribution in [0.1, 0.15) is 81.5 Å². The monoisotopic (exact) mass is 404 g/mol. The van der Waals surface area contributed by atoms with Crippen molar-refractivity contribution in [2.75, 3.05) is 5.73 Å². The third kappa shape index (κ3) is 3.09. The summed E-state index contributed by atoms with van der Waals surface area (Å²) >= 11 is 0. The van der Waals surface area contributed by atoms with Gasteiger partial charge >= 0.3 is 0 Å². The second-order valence-corrected chi connectivity index (χ2v) is 11.3. The van der Waals surface area contributed by atoms with E-state index in [2.05, 4.69) is 25.5 Å². The van der Waals surface area contributed by atoms with E-state index in [4.69, 9.17) is 5.73 Å². The summed E-state index contributed by atoms with van der Waals surface area (Å²) in [6, 6.07) is 0. The highest BCUT2D eigenvalue weighted by molar-refractivity contribution is 7.89. The van der Waals surface area contributed by atoms with Crippen LogP contribution >= 0.6 is 0 Å². The minimum atomic E-state index is -3.61. The Morgan fingerprint density at radius 1 is 0.893 bits per heavy atom. The first-order chi connectivity index (χ1) is 13.2. The Bertz CT molecular complexity index is 853. The van der Waals surface area contributed by atoms with Crippen molar-refractivity contribution in [1.29, 1.82) is 0 Å². The number of hydrogen-bond acceptors (Lipinski definition) is 3. The minimum absolute atomic E-state index is 0.227. The van der Waals surface area contributed by atoms with Crippen LogP contribution in [0.5, 0.6) is 0 Å². The molecule has 0 atom stereocenters. The summed E-state index contributed by atoms with van der Waals surface area (Å²) in [5.41, 5.74) is 10.9. The van der Waals surface area contributed by atoms with Gasteiger partial charge in [0.25, 0.3) is 0 Å². The summed E-state index contributed by atoms with van der Waals surface area (Å²) in [6.45, 7) is 8.16. The maximum atomic E-state index is 13.8. The van der Waals surface area contributed by atoms with E-state index >= 15 is 0 Å². The molecule has 4 fully saturated rings. The fraction of sp³-hybridized carbons (Fsp3) is 0.739. The van der Waals surface area contributed by atoms with Crippen LogP contribution < -0.4 is 10.5 Å². The minimum Gasteiger partial charge on any atom is -0.398 e. The molecule has 4 aliphatic carbocycles. The van der Waals surface area contributed by atoms with Gasteiger partial charge in [-0.15, -0.1) is 0 Å². The predicted molar refractivity (Wildman–Crippen MR) is 115 cm³/mol. The second kappa shape index (κ2) is 7.02. The fourth-order valence-electron chi connectivity index (χ4n) is 7.20. The number of anilines is 1. The number of hydrogen-bond donors (Lipinski definition) is 2. The number of rotatable bonds is 6. The Morgan fingerprint density at radius 3 is 1.79 bits per heavy atom. The van der Waals surface area contributed by atoms with Crippen LogP contribution in [0, 0.1) is 24.7 Å². The van der Waals surface area contributed by atoms with Gasteiger partial charge in [0.05, 0.1) is 4.90 Å². The maximum absolute atomic E-state index is 13.8. The lowest BCUT2D eigenvalue weighted by Gasteiger charge is -2.56. The highest BCUT2D eigenvalue weighted by Gasteiger charge is 2.52. The van der Waals surface area contributed by atoms with Gasteiger partial charge in [0.2, 0.25) is 10.0 Å². The molecule has 0 unspecified atom stereocenters. The SMILES string of the molecule is CCc1c(N)c(C)c(S(=O)(=O)NC23CC4CC(CC(C4)C2)C3)c(CC)c1CC. The number of nitrogens with two attached hydrogens (primary N) is 1. The number of sulfonamides is 1. The molecule has 4 nitrogen and oxygen atoms in total. The van der Waals surface area contributed by atoms with Gasteiger partial charge in [-0.2, -0.15) is 0 Å². The molecule has 5 rings (SSSR count). The van der Waals surface area contributed by atoms with Crippen LogP contribution in [0.4, 0.5) is 5.69 Å². The molecular weight excluding hydrogens is 368 g/mol. The highest BCUT2D eigenvalue weighted by Crippen LogP contribution is 2.56. The van der Waals surface area contributed by atoms with E-state index in [-0.39, 0.29) is 5.54 Å². The zero-order chi connectivity index (χ0) is 20.3. The van der Waals surface area contributed by atoms with E-state index in [1.165, 1.54) is 19.3 Å². The molecule has 28 heavy (non-hydrogen) atoms. The first kappa shape index (κ1) is 20.2. The molecule has 0 spiro atoms. The lowest BCUT2D eigenvalue weighted by atomic mass is 9.53. The molecule has 0 heterocycles. The van der Waals surface area contributed by atoms with Crippen LogP contribution in [0.25, 0.3) is 0 Å². The first-order valence-electron chi connectivity index (χ1n) is 11.2. The van der Waals surface area contributed by atoms with Crippen LogP contribution in [0.15, 0.2) is 4.90 Å². The largest absolute Gasteiger partial charge is 0.398 e. The summed E-state index contributed by atoms with van der Waals surface area (Å²) in [5.74, 6) is 2.12. The number of nitrogens with one attached hydrogen (secondary N) is 1. The standard InChI is InChI=1S/C23H36N2O2S/c1-5-18-19(6-2)21(24)14(4)22(20(18)7-3)28(26,27)25-23-11-15-8-16(12-23)10-17(9-15)13-23/h15-17,25H,5-13,24H2,1-4H3. The molecular formula is C23H36N2O2S. The van der Waals surface area contributed by atoms with Gasteiger partial charge in [0.15, 0.2) is 0 Å². The van der Waals surface area contributed by atoms with E-state index < -0.39 is 10.0 Å². The van der Waals surface area contributed by atoms with Gasteiger partial charge in [-0.1, -0.05) is 20.8 Å². The molecule has 1 aromatic rings. The Kier molecular flexibility index (Phi) is 5.06. The molecule has 4 saturated carbocycles. The Labute approximate surface area is 170 Å². The predicted octanol–water partition coefficient (Wildman–Crippen LogP) is 4.51. The van der Waals surface area contributed by atoms with Crippen molar-refractivity contribution in [3.8, 4) is 0 Å². The van der Waals surface area contributed by atoms with Crippen molar-refractivity contribution in [1.82, 2.24) is 4.72 Å². The molecule has 0 saturated heterocycles. The highest BCUT2D eigenvalue weighted by atomic mass is 32.2. The first-order valence-corrected chi connectivity index (χ1v) is 12.7. The van der Waals surface area contributed by atoms with Crippen LogP contribution in [0.3, 0.4) is 0 Å². The molecule has 0 aliphatic heterocycles. The normalized spacial score (nSPS) is 31.5. The second-order valence-electron chi connectivity index (χ2n) is 9.67. The van der Waals surface area contributed by atoms with Crippen LogP contribution in [-0.2, 0) is 29.3 Å². The molecule has 1 aromatic carbocycles. The van der Waals surface area contributed by atoms with Crippen molar-refractivity contribution in [2.24, 2.45) is 17.8 Å². The quantitative estimate of drug-likeness (QED) is 0.685. The van der Waals surface area contributed by atoms with Crippen LogP contribution in [0.2, 0.25) is 0 Å². The van der Waals surface area contributed by atoms with Crippen molar-refractivity contribution in [3.63, 3.8) is 0 Å². The molecule has 4 bridgehead atoms. The van der Waals surface area contributed by atoms with E-state index in [9.17, 15) is 8.42 Å². The molecule has 5 heteroatoms. The van der Waals surface area contributed by atoms with Gasteiger partial charge in [-0.3, -0.25) is 0 Å². The number of nitrogen functional groups attached to an aromatic ring is 1. The topological polar surface area (TPSA) is 72.2 Å². The number of benzene rings is 1. The molecule has 0 amide bonds. The Morgan fingerprint density at radius 2 is 1.36 bits per heavy atom. The summed E-state index contributed by atoms with van der Waals surface area (Å²) in [6.07, 6.45) is 9.33. The Hall–Kier alpha value is -1.07. The molecule has 4 aliphatic rings. The molecule has 0 radical (unpaired) electrons. The van der Waals surface area contributed by atoms with Gasteiger partial charge in [-0.25, -0.2) is 13.1 Å².